The van der Waals surface area contributed by atoms with E-state index in [9.17, 15) is 10.2 Å². The molecule has 0 fully saturated rings. The molecule has 0 aliphatic carbocycles. The van der Waals surface area contributed by atoms with E-state index in [2.05, 4.69) is 257 Å². The minimum absolute atomic E-state index is 0. The summed E-state index contributed by atoms with van der Waals surface area (Å²) in [5, 5.41) is 40.9. The van der Waals surface area contributed by atoms with Crippen LogP contribution in [-0.2, 0) is 36.7 Å². The number of ether oxygens (including phenoxy) is 2. The number of aryl methyl sites for hydroxylation is 2. The van der Waals surface area contributed by atoms with E-state index >= 15 is 8.78 Å². The van der Waals surface area contributed by atoms with E-state index in [1.807, 2.05) is 13.8 Å². The summed E-state index contributed by atoms with van der Waals surface area (Å²) in [7, 11) is -7.24. The van der Waals surface area contributed by atoms with Gasteiger partial charge in [-0.2, -0.15) is 0 Å². The minimum Gasteiger partial charge on any atom is -0.582 e. The third-order valence-electron chi connectivity index (χ3n) is 19.6. The van der Waals surface area contributed by atoms with Gasteiger partial charge in [-0.3, -0.25) is 0 Å². The number of fused-ring (bicyclic) bond motifs is 4. The molecule has 10 rings (SSSR count). The van der Waals surface area contributed by atoms with Crippen LogP contribution in [0.25, 0.3) is 87.6 Å². The van der Waals surface area contributed by atoms with Crippen molar-refractivity contribution in [3.8, 4) is 67.5 Å². The molecule has 0 saturated heterocycles. The summed E-state index contributed by atoms with van der Waals surface area (Å²) in [5.41, 5.74) is 8.26. The predicted octanol–water partition coefficient (Wildman–Crippen LogP) is 23.4. The Kier molecular flexibility index (Phi) is 23.0. The Hall–Kier alpha value is -5.96. The molecule has 0 heterocycles. The van der Waals surface area contributed by atoms with Crippen LogP contribution in [-0.4, -0.2) is 65.2 Å². The third-order valence-corrected chi connectivity index (χ3v) is 27.8. The fourth-order valence-corrected chi connectivity index (χ4v) is 19.8. The number of rotatable bonds is 18. The molecule has 0 aliphatic heterocycles. The molecule has 11 heteroatoms. The van der Waals surface area contributed by atoms with Crippen LogP contribution in [0.4, 0.5) is 8.78 Å². The van der Waals surface area contributed by atoms with E-state index in [1.54, 1.807) is 12.1 Å². The zero-order chi connectivity index (χ0) is 69.8. The van der Waals surface area contributed by atoms with E-state index < -0.39 is 43.9 Å². The Bertz CT molecular complexity index is 4220. The number of halogens is 2. The second kappa shape index (κ2) is 28.5. The number of aliphatic hydroxyl groups is 2. The Morgan fingerprint density at radius 3 is 0.878 bits per heavy atom. The molecule has 0 atom stereocenters. The molecule has 10 aromatic carbocycles. The van der Waals surface area contributed by atoms with Gasteiger partial charge in [-0.05, 0) is 163 Å². The Balaban J connectivity index is 0.00000451. The molecule has 0 aliphatic rings. The minimum atomic E-state index is -1.81. The third kappa shape index (κ3) is 16.8. The van der Waals surface area contributed by atoms with Crippen molar-refractivity contribution < 1.29 is 54.3 Å². The summed E-state index contributed by atoms with van der Waals surface area (Å²) in [4.78, 5) is 0. The number of aromatic hydroxyl groups is 4. The van der Waals surface area contributed by atoms with Gasteiger partial charge in [0.1, 0.15) is 29.6 Å². The van der Waals surface area contributed by atoms with Crippen LogP contribution in [0.15, 0.2) is 133 Å². The Morgan fingerprint density at radius 2 is 0.622 bits per heavy atom. The summed E-state index contributed by atoms with van der Waals surface area (Å²) in [6.45, 7) is 55.8. The van der Waals surface area contributed by atoms with Gasteiger partial charge in [0.05, 0.1) is 43.4 Å². The van der Waals surface area contributed by atoms with Crippen molar-refractivity contribution in [1.82, 2.24) is 0 Å². The second-order valence-corrected chi connectivity index (χ2v) is 56.0. The SMILES string of the molecule is Cc1cc(F)cc(-c2cc(C(C)(C)CC(C)(C)C)cc(-c3c4cc([Si](C)(C)C)ccc4cc4ccc([Si](C)(C)C)cc34)c2O)c1[OH+]CCC[OH+]c1c(C)cc(F)cc1-c1cc(C(C)(C)CC(C)(C)C)cc(-c2c3cc([Si](C)(C)C)ccc3cc3ccc([Si](C)(C)C)cc23)c1O.[CH3-].[CH3-].[Hf]. The van der Waals surface area contributed by atoms with Crippen LogP contribution in [0.3, 0.4) is 0 Å². The molecule has 0 unspecified atom stereocenters. The van der Waals surface area contributed by atoms with E-state index in [-0.39, 0.29) is 73.9 Å². The van der Waals surface area contributed by atoms with Crippen molar-refractivity contribution in [3.05, 3.63) is 182 Å². The quantitative estimate of drug-likeness (QED) is 0.0296. The van der Waals surface area contributed by atoms with Gasteiger partial charge in [-0.25, -0.2) is 8.78 Å². The molecule has 520 valence electrons. The average molecular weight is 1550 g/mol. The van der Waals surface area contributed by atoms with Gasteiger partial charge in [0.2, 0.25) is 0 Å². The topological polar surface area (TPSA) is 66.1 Å². The van der Waals surface area contributed by atoms with Crippen molar-refractivity contribution >= 4 is 96.1 Å². The van der Waals surface area contributed by atoms with Crippen molar-refractivity contribution in [2.45, 2.75) is 192 Å². The summed E-state index contributed by atoms with van der Waals surface area (Å²) < 4.78 is 43.5. The molecule has 0 saturated carbocycles. The summed E-state index contributed by atoms with van der Waals surface area (Å²) in [6.07, 6.45) is 2.24. The maximum absolute atomic E-state index is 16.4. The molecule has 10 aromatic rings. The first-order valence-electron chi connectivity index (χ1n) is 34.5. The standard InChI is InChI=1S/C85H106F2O4Si4.2CH3.Hf/c1-52-36-60(86)44-72(70-40-58(84(9,10)50-82(3,4)5)42-74(78(70)88)76-66-46-62(92(13,14)15)30-26-54(66)38-55-27-31-63(47-67(55)76)93(16,17)18)80(52)90-34-25-35-91-81-53(2)37-61(87)45-73(81)71-41-59(85(11,12)51-83(6,7)8)43-75(79(71)89)77-68-48-64(94(19,20)21)32-28-56(68)39-57-29-33-65(49-69(57)77)95(22,23)24;;;/h26-33,36-49,88-89H,25,34-35,50-51H2,1-24H3;2*1H3;/q;2*-1;/p+2. The van der Waals surface area contributed by atoms with Crippen LogP contribution in [0.5, 0.6) is 23.0 Å². The maximum Gasteiger partial charge on any atom is 0.265 e. The fraction of sp³-hybridized carbons (Fsp3) is 0.379. The van der Waals surface area contributed by atoms with Gasteiger partial charge < -0.3 is 34.5 Å². The monoisotopic (exact) mass is 1550 g/mol. The van der Waals surface area contributed by atoms with E-state index in [0.717, 1.165) is 89.3 Å². The molecule has 0 bridgehead atoms. The van der Waals surface area contributed by atoms with Gasteiger partial charge in [0.15, 0.2) is 13.2 Å². The number of phenols is 2. The first kappa shape index (κ1) is 79.4. The molecule has 0 aromatic heterocycles. The maximum atomic E-state index is 16.4. The zero-order valence-corrected chi connectivity index (χ0v) is 71.9. The van der Waals surface area contributed by atoms with Crippen molar-refractivity contribution in [1.29, 1.82) is 0 Å². The molecule has 0 spiro atoms. The normalized spacial score (nSPS) is 12.8. The number of hydrogen-bond donors (Lipinski definition) is 2. The van der Waals surface area contributed by atoms with Crippen molar-refractivity contribution in [2.24, 2.45) is 10.8 Å². The van der Waals surface area contributed by atoms with E-state index in [4.69, 9.17) is 9.47 Å². The van der Waals surface area contributed by atoms with Crippen molar-refractivity contribution in [2.75, 3.05) is 13.2 Å². The van der Waals surface area contributed by atoms with Crippen LogP contribution in [0.1, 0.15) is 111 Å². The van der Waals surface area contributed by atoms with Crippen LogP contribution in [0, 0.1) is 51.2 Å². The summed E-state index contributed by atoms with van der Waals surface area (Å²) >= 11 is 0. The Labute approximate surface area is 611 Å². The van der Waals surface area contributed by atoms with Gasteiger partial charge in [0, 0.05) is 70.4 Å². The van der Waals surface area contributed by atoms with E-state index in [0.29, 0.717) is 64.5 Å². The molecule has 4 nitrogen and oxygen atoms in total. The number of hydrogen-bond acceptors (Lipinski definition) is 2. The van der Waals surface area contributed by atoms with Crippen molar-refractivity contribution in [3.63, 3.8) is 0 Å². The first-order valence-corrected chi connectivity index (χ1v) is 48.5. The second-order valence-electron chi connectivity index (χ2n) is 35.7. The first-order chi connectivity index (χ1) is 43.8. The molecule has 0 amide bonds. The zero-order valence-electron chi connectivity index (χ0n) is 64.3. The predicted molar refractivity (Wildman–Crippen MR) is 434 cm³/mol. The molecule has 0 radical (unpaired) electrons. The molecule has 98 heavy (non-hydrogen) atoms. The molecule has 4 N–H and O–H groups in total. The number of benzene rings is 10. The van der Waals surface area contributed by atoms with Gasteiger partial charge in [0.25, 0.3) is 11.5 Å². The van der Waals surface area contributed by atoms with E-state index in [1.165, 1.54) is 32.9 Å². The van der Waals surface area contributed by atoms with Gasteiger partial charge in [-0.1, -0.05) is 241 Å². The molecular formula is C87H114F2HfO4Si4. The van der Waals surface area contributed by atoms with Gasteiger partial charge in [-0.15, -0.1) is 0 Å². The number of phenolic OH excluding ortho intramolecular Hbond substituents is 2. The Morgan fingerprint density at radius 1 is 0.357 bits per heavy atom. The summed E-state index contributed by atoms with van der Waals surface area (Å²) in [6, 6.07) is 47.1. The van der Waals surface area contributed by atoms with Crippen LogP contribution in [0.2, 0.25) is 78.6 Å². The largest absolute Gasteiger partial charge is 0.582 e. The van der Waals surface area contributed by atoms with Gasteiger partial charge >= 0.3 is 0 Å². The van der Waals surface area contributed by atoms with Crippen LogP contribution < -0.4 is 20.7 Å². The smallest absolute Gasteiger partial charge is 0.265 e. The summed E-state index contributed by atoms with van der Waals surface area (Å²) in [5.74, 6) is 0.618. The van der Waals surface area contributed by atoms with Crippen LogP contribution >= 0.6 is 0 Å². The molecular weight excluding hydrogens is 1440 g/mol. The average Bonchev–Trinajstić information content (AvgIpc) is 0.737. The fourth-order valence-electron chi connectivity index (χ4n) is 15.1.